The number of amides is 1. The van der Waals surface area contributed by atoms with Crippen molar-refractivity contribution in [2.24, 2.45) is 0 Å². The van der Waals surface area contributed by atoms with Gasteiger partial charge in [-0.15, -0.1) is 10.2 Å². The van der Waals surface area contributed by atoms with Gasteiger partial charge in [-0.05, 0) is 19.1 Å². The number of methoxy groups -OCH3 is 1. The number of nitro groups is 1. The van der Waals surface area contributed by atoms with Crippen molar-refractivity contribution in [3.05, 3.63) is 51.6 Å². The number of piperazine rings is 1. The first-order valence-electron chi connectivity index (χ1n) is 9.25. The quantitative estimate of drug-likeness (QED) is 0.391. The summed E-state index contributed by atoms with van der Waals surface area (Å²) < 4.78 is 10.3. The molecule has 1 fully saturated rings. The largest absolute Gasteiger partial charge is 0.474 e. The van der Waals surface area contributed by atoms with Gasteiger partial charge in [-0.25, -0.2) is 0 Å². The molecule has 3 rings (SSSR count). The third-order valence-corrected chi connectivity index (χ3v) is 4.79. The van der Waals surface area contributed by atoms with E-state index in [0.717, 1.165) is 0 Å². The molecule has 154 valence electrons. The van der Waals surface area contributed by atoms with Crippen molar-refractivity contribution >= 4 is 17.4 Å². The van der Waals surface area contributed by atoms with Crippen molar-refractivity contribution < 1.29 is 19.2 Å². The molecule has 2 aromatic rings. The minimum absolute atomic E-state index is 0.0439. The average Bonchev–Trinajstić information content (AvgIpc) is 2.74. The fraction of sp³-hybridized carbons (Fsp3) is 0.421. The van der Waals surface area contributed by atoms with Crippen LogP contribution in [0.1, 0.15) is 15.9 Å². The van der Waals surface area contributed by atoms with Crippen LogP contribution >= 0.6 is 0 Å². The van der Waals surface area contributed by atoms with Gasteiger partial charge in [-0.3, -0.25) is 14.9 Å². The predicted molar refractivity (Wildman–Crippen MR) is 105 cm³/mol. The number of carbonyl (C=O) groups excluding carboxylic acids is 1. The van der Waals surface area contributed by atoms with Crippen molar-refractivity contribution in [3.63, 3.8) is 0 Å². The van der Waals surface area contributed by atoms with E-state index in [0.29, 0.717) is 62.2 Å². The number of ether oxygens (including phenoxy) is 2. The third-order valence-electron chi connectivity index (χ3n) is 4.79. The zero-order valence-electron chi connectivity index (χ0n) is 16.4. The summed E-state index contributed by atoms with van der Waals surface area (Å²) in [5, 5.41) is 19.4. The summed E-state index contributed by atoms with van der Waals surface area (Å²) in [6, 6.07) is 8.16. The molecule has 0 spiro atoms. The Morgan fingerprint density at radius 1 is 1.14 bits per heavy atom. The summed E-state index contributed by atoms with van der Waals surface area (Å²) in [6.45, 7) is 4.67. The van der Waals surface area contributed by atoms with Gasteiger partial charge in [0.2, 0.25) is 5.88 Å². The molecule has 2 heterocycles. The minimum Gasteiger partial charge on any atom is -0.474 e. The number of hydrogen-bond acceptors (Lipinski definition) is 8. The summed E-state index contributed by atoms with van der Waals surface area (Å²) >= 11 is 0. The number of aromatic nitrogens is 2. The van der Waals surface area contributed by atoms with Gasteiger partial charge >= 0.3 is 0 Å². The van der Waals surface area contributed by atoms with Gasteiger partial charge in [0.25, 0.3) is 11.6 Å². The molecule has 0 saturated carbocycles. The maximum absolute atomic E-state index is 12.8. The van der Waals surface area contributed by atoms with Gasteiger partial charge in [0.1, 0.15) is 6.61 Å². The molecule has 0 unspecified atom stereocenters. The molecule has 1 aromatic heterocycles. The van der Waals surface area contributed by atoms with E-state index in [-0.39, 0.29) is 11.6 Å². The normalized spacial score (nSPS) is 14.0. The Labute approximate surface area is 168 Å². The molecular formula is C19H23N5O5. The summed E-state index contributed by atoms with van der Waals surface area (Å²) in [5.74, 6) is 0.947. The van der Waals surface area contributed by atoms with E-state index in [9.17, 15) is 14.9 Å². The second-order valence-corrected chi connectivity index (χ2v) is 6.56. The first-order valence-corrected chi connectivity index (χ1v) is 9.25. The monoisotopic (exact) mass is 401 g/mol. The Hall–Kier alpha value is -3.27. The van der Waals surface area contributed by atoms with Gasteiger partial charge in [-0.2, -0.15) is 0 Å². The number of nitro benzene ring substituents is 1. The molecule has 10 nitrogen and oxygen atoms in total. The summed E-state index contributed by atoms with van der Waals surface area (Å²) in [5.41, 5.74) is 0.711. The molecule has 10 heteroatoms. The lowest BCUT2D eigenvalue weighted by molar-refractivity contribution is -0.385. The highest BCUT2D eigenvalue weighted by Crippen LogP contribution is 2.23. The molecule has 29 heavy (non-hydrogen) atoms. The van der Waals surface area contributed by atoms with Crippen LogP contribution in [0, 0.1) is 17.0 Å². The van der Waals surface area contributed by atoms with Gasteiger partial charge in [0.05, 0.1) is 11.5 Å². The molecule has 1 aliphatic heterocycles. The topological polar surface area (TPSA) is 111 Å². The molecule has 1 amide bonds. The zero-order valence-corrected chi connectivity index (χ0v) is 16.4. The summed E-state index contributed by atoms with van der Waals surface area (Å²) in [7, 11) is 1.60. The van der Waals surface area contributed by atoms with Crippen LogP contribution in [0.15, 0.2) is 30.3 Å². The Morgan fingerprint density at radius 2 is 1.90 bits per heavy atom. The Morgan fingerprint density at radius 3 is 2.52 bits per heavy atom. The van der Waals surface area contributed by atoms with E-state index in [1.54, 1.807) is 37.1 Å². The summed E-state index contributed by atoms with van der Waals surface area (Å²) in [4.78, 5) is 27.2. The van der Waals surface area contributed by atoms with E-state index in [1.165, 1.54) is 6.07 Å². The van der Waals surface area contributed by atoms with E-state index in [1.807, 2.05) is 11.0 Å². The fourth-order valence-electron chi connectivity index (χ4n) is 3.15. The first kappa shape index (κ1) is 20.5. The molecule has 0 N–H and O–H groups in total. The lowest BCUT2D eigenvalue weighted by atomic mass is 10.1. The molecule has 0 bridgehead atoms. The average molecular weight is 401 g/mol. The Bertz CT molecular complexity index is 866. The maximum atomic E-state index is 12.8. The van der Waals surface area contributed by atoms with E-state index < -0.39 is 4.92 Å². The third kappa shape index (κ3) is 4.77. The number of anilines is 1. The van der Waals surface area contributed by atoms with Crippen LogP contribution in [0.5, 0.6) is 5.88 Å². The van der Waals surface area contributed by atoms with Crippen LogP contribution in [0.4, 0.5) is 11.5 Å². The molecule has 0 atom stereocenters. The van der Waals surface area contributed by atoms with E-state index >= 15 is 0 Å². The molecule has 1 saturated heterocycles. The SMILES string of the molecule is COCCOc1ccc(N2CCN(C(=O)c3cccc([N+](=O)[O-])c3C)CC2)nn1. The number of rotatable bonds is 7. The molecular weight excluding hydrogens is 378 g/mol. The Balaban J connectivity index is 1.60. The van der Waals surface area contributed by atoms with Gasteiger partial charge in [0, 0.05) is 56.5 Å². The van der Waals surface area contributed by atoms with Crippen LogP contribution in [0.2, 0.25) is 0 Å². The summed E-state index contributed by atoms with van der Waals surface area (Å²) in [6.07, 6.45) is 0. The first-order chi connectivity index (χ1) is 14.0. The second-order valence-electron chi connectivity index (χ2n) is 6.56. The number of nitrogens with zero attached hydrogens (tertiary/aromatic N) is 5. The smallest absolute Gasteiger partial charge is 0.273 e. The standard InChI is InChI=1S/C19H23N5O5/c1-14-15(4-3-5-16(14)24(26)27)19(25)23-10-8-22(9-11-23)17-6-7-18(21-20-17)29-13-12-28-2/h3-7H,8-13H2,1-2H3. The molecule has 1 aromatic carbocycles. The van der Waals surface area contributed by atoms with Crippen LogP contribution in [-0.2, 0) is 4.74 Å². The minimum atomic E-state index is -0.467. The highest BCUT2D eigenvalue weighted by molar-refractivity contribution is 5.96. The van der Waals surface area contributed by atoms with Gasteiger partial charge in [0.15, 0.2) is 5.82 Å². The van der Waals surface area contributed by atoms with E-state index in [2.05, 4.69) is 10.2 Å². The highest BCUT2D eigenvalue weighted by Gasteiger charge is 2.26. The Kier molecular flexibility index (Phi) is 6.55. The highest BCUT2D eigenvalue weighted by atomic mass is 16.6. The number of benzene rings is 1. The predicted octanol–water partition coefficient (Wildman–Crippen LogP) is 1.68. The molecule has 1 aliphatic rings. The van der Waals surface area contributed by atoms with Gasteiger partial charge in [-0.1, -0.05) is 6.07 Å². The number of carbonyl (C=O) groups is 1. The van der Waals surface area contributed by atoms with Crippen molar-refractivity contribution in [3.8, 4) is 5.88 Å². The van der Waals surface area contributed by atoms with Gasteiger partial charge < -0.3 is 19.3 Å². The zero-order chi connectivity index (χ0) is 20.8. The van der Waals surface area contributed by atoms with Crippen molar-refractivity contribution in [1.29, 1.82) is 0 Å². The van der Waals surface area contributed by atoms with Crippen molar-refractivity contribution in [2.75, 3.05) is 51.4 Å². The van der Waals surface area contributed by atoms with Crippen LogP contribution in [-0.4, -0.2) is 72.4 Å². The van der Waals surface area contributed by atoms with Crippen LogP contribution in [0.3, 0.4) is 0 Å². The lowest BCUT2D eigenvalue weighted by Gasteiger charge is -2.35. The number of hydrogen-bond donors (Lipinski definition) is 0. The van der Waals surface area contributed by atoms with Crippen molar-refractivity contribution in [2.45, 2.75) is 6.92 Å². The lowest BCUT2D eigenvalue weighted by Crippen LogP contribution is -2.49. The second kappa shape index (κ2) is 9.28. The van der Waals surface area contributed by atoms with Crippen LogP contribution in [0.25, 0.3) is 0 Å². The fourth-order valence-corrected chi connectivity index (χ4v) is 3.15. The molecule has 0 radical (unpaired) electrons. The van der Waals surface area contributed by atoms with Crippen LogP contribution < -0.4 is 9.64 Å². The maximum Gasteiger partial charge on any atom is 0.273 e. The molecule has 0 aliphatic carbocycles. The van der Waals surface area contributed by atoms with Crippen molar-refractivity contribution in [1.82, 2.24) is 15.1 Å². The van der Waals surface area contributed by atoms with E-state index in [4.69, 9.17) is 9.47 Å².